The van der Waals surface area contributed by atoms with Crippen molar-refractivity contribution in [1.29, 1.82) is 0 Å². The van der Waals surface area contributed by atoms with Crippen LogP contribution in [-0.2, 0) is 0 Å². The molecule has 1 aromatic heterocycles. The molecule has 0 saturated heterocycles. The number of aryl methyl sites for hydroxylation is 1. The molecule has 0 radical (unpaired) electrons. The second-order valence-corrected chi connectivity index (χ2v) is 5.03. The van der Waals surface area contributed by atoms with Gasteiger partial charge in [0.2, 0.25) is 0 Å². The SMILES string of the molecule is Cc1cccc(NC(=O)c2ccc(Cl)cc2Br)n1. The van der Waals surface area contributed by atoms with Gasteiger partial charge in [-0.15, -0.1) is 0 Å². The van der Waals surface area contributed by atoms with Crippen LogP contribution in [0.25, 0.3) is 0 Å². The van der Waals surface area contributed by atoms with E-state index in [1.54, 1.807) is 24.3 Å². The second kappa shape index (κ2) is 5.50. The number of carbonyl (C=O) groups is 1. The fraction of sp³-hybridized carbons (Fsp3) is 0.0769. The van der Waals surface area contributed by atoms with Crippen LogP contribution in [-0.4, -0.2) is 10.9 Å². The number of benzene rings is 1. The number of nitrogens with zero attached hydrogens (tertiary/aromatic N) is 1. The lowest BCUT2D eigenvalue weighted by atomic mass is 10.2. The van der Waals surface area contributed by atoms with Crippen molar-refractivity contribution in [3.05, 3.63) is 57.2 Å². The summed E-state index contributed by atoms with van der Waals surface area (Å²) >= 11 is 9.14. The number of halogens is 2. The molecule has 2 rings (SSSR count). The Bertz CT molecular complexity index is 601. The third-order valence-corrected chi connectivity index (χ3v) is 3.20. The molecule has 0 atom stereocenters. The van der Waals surface area contributed by atoms with Gasteiger partial charge in [-0.05, 0) is 53.2 Å². The third kappa shape index (κ3) is 3.09. The Balaban J connectivity index is 2.22. The van der Waals surface area contributed by atoms with E-state index in [4.69, 9.17) is 11.6 Å². The highest BCUT2D eigenvalue weighted by atomic mass is 79.9. The largest absolute Gasteiger partial charge is 0.307 e. The van der Waals surface area contributed by atoms with Crippen LogP contribution in [0.3, 0.4) is 0 Å². The van der Waals surface area contributed by atoms with Crippen LogP contribution >= 0.6 is 27.5 Å². The summed E-state index contributed by atoms with van der Waals surface area (Å²) in [4.78, 5) is 16.2. The molecule has 0 fully saturated rings. The van der Waals surface area contributed by atoms with Gasteiger partial charge in [0.05, 0.1) is 5.56 Å². The van der Waals surface area contributed by atoms with Gasteiger partial charge in [-0.3, -0.25) is 4.79 Å². The molecular weight excluding hydrogens is 316 g/mol. The predicted octanol–water partition coefficient (Wildman–Crippen LogP) is 4.06. The highest BCUT2D eigenvalue weighted by Gasteiger charge is 2.11. The Hall–Kier alpha value is -1.39. The maximum atomic E-state index is 12.0. The molecule has 3 nitrogen and oxygen atoms in total. The van der Waals surface area contributed by atoms with Crippen molar-refractivity contribution >= 4 is 39.3 Å². The van der Waals surface area contributed by atoms with Gasteiger partial charge in [0.1, 0.15) is 5.82 Å². The maximum absolute atomic E-state index is 12.0. The first-order valence-electron chi connectivity index (χ1n) is 5.26. The van der Waals surface area contributed by atoms with Crippen molar-refractivity contribution in [1.82, 2.24) is 4.98 Å². The summed E-state index contributed by atoms with van der Waals surface area (Å²) in [5.74, 6) is 0.304. The highest BCUT2D eigenvalue weighted by Crippen LogP contribution is 2.22. The van der Waals surface area contributed by atoms with Gasteiger partial charge in [0.25, 0.3) is 5.91 Å². The van der Waals surface area contributed by atoms with Crippen molar-refractivity contribution < 1.29 is 4.79 Å². The first-order chi connectivity index (χ1) is 8.56. The lowest BCUT2D eigenvalue weighted by Gasteiger charge is -2.07. The molecule has 5 heteroatoms. The number of rotatable bonds is 2. The van der Waals surface area contributed by atoms with Crippen molar-refractivity contribution in [3.8, 4) is 0 Å². The van der Waals surface area contributed by atoms with E-state index < -0.39 is 0 Å². The van der Waals surface area contributed by atoms with Gasteiger partial charge in [-0.2, -0.15) is 0 Å². The first-order valence-corrected chi connectivity index (χ1v) is 6.43. The Labute approximate surface area is 118 Å². The summed E-state index contributed by atoms with van der Waals surface area (Å²) in [5, 5.41) is 3.31. The maximum Gasteiger partial charge on any atom is 0.257 e. The Morgan fingerprint density at radius 2 is 2.11 bits per heavy atom. The van der Waals surface area contributed by atoms with E-state index in [-0.39, 0.29) is 5.91 Å². The molecule has 1 heterocycles. The molecule has 0 aliphatic rings. The molecule has 92 valence electrons. The number of hydrogen-bond acceptors (Lipinski definition) is 2. The van der Waals surface area contributed by atoms with Crippen LogP contribution in [0.1, 0.15) is 16.1 Å². The molecule has 1 N–H and O–H groups in total. The Morgan fingerprint density at radius 3 is 2.78 bits per heavy atom. The molecule has 18 heavy (non-hydrogen) atoms. The van der Waals surface area contributed by atoms with Crippen LogP contribution in [0.5, 0.6) is 0 Å². The summed E-state index contributed by atoms with van der Waals surface area (Å²) < 4.78 is 0.653. The lowest BCUT2D eigenvalue weighted by Crippen LogP contribution is -2.13. The topological polar surface area (TPSA) is 42.0 Å². The molecule has 1 aromatic carbocycles. The average molecular weight is 326 g/mol. The van der Waals surface area contributed by atoms with Crippen molar-refractivity contribution in [2.75, 3.05) is 5.32 Å². The average Bonchev–Trinajstić information content (AvgIpc) is 2.28. The van der Waals surface area contributed by atoms with E-state index in [2.05, 4.69) is 26.2 Å². The minimum atomic E-state index is -0.225. The van der Waals surface area contributed by atoms with Crippen LogP contribution in [0.4, 0.5) is 5.82 Å². The summed E-state index contributed by atoms with van der Waals surface area (Å²) in [6.07, 6.45) is 0. The minimum absolute atomic E-state index is 0.225. The monoisotopic (exact) mass is 324 g/mol. The van der Waals surface area contributed by atoms with Crippen LogP contribution in [0, 0.1) is 6.92 Å². The molecule has 0 aliphatic carbocycles. The smallest absolute Gasteiger partial charge is 0.257 e. The summed E-state index contributed by atoms with van der Waals surface area (Å²) in [6, 6.07) is 10.5. The molecule has 0 bridgehead atoms. The summed E-state index contributed by atoms with van der Waals surface area (Å²) in [6.45, 7) is 1.87. The summed E-state index contributed by atoms with van der Waals surface area (Å²) in [5.41, 5.74) is 1.37. The molecule has 2 aromatic rings. The molecule has 0 spiro atoms. The van der Waals surface area contributed by atoms with Gasteiger partial charge in [0.15, 0.2) is 0 Å². The highest BCUT2D eigenvalue weighted by molar-refractivity contribution is 9.10. The van der Waals surface area contributed by atoms with Crippen molar-refractivity contribution in [3.63, 3.8) is 0 Å². The molecule has 1 amide bonds. The van der Waals surface area contributed by atoms with Gasteiger partial charge in [0, 0.05) is 15.2 Å². The molecular formula is C13H10BrClN2O. The first kappa shape index (κ1) is 13.1. The number of aromatic nitrogens is 1. The number of carbonyl (C=O) groups excluding carboxylic acids is 1. The molecule has 0 saturated carbocycles. The van der Waals surface area contributed by atoms with Gasteiger partial charge >= 0.3 is 0 Å². The van der Waals surface area contributed by atoms with E-state index in [1.807, 2.05) is 19.1 Å². The minimum Gasteiger partial charge on any atom is -0.307 e. The van der Waals surface area contributed by atoms with Crippen molar-refractivity contribution in [2.24, 2.45) is 0 Å². The second-order valence-electron chi connectivity index (χ2n) is 3.74. The fourth-order valence-electron chi connectivity index (χ4n) is 1.47. The van der Waals surface area contributed by atoms with E-state index in [0.717, 1.165) is 5.69 Å². The van der Waals surface area contributed by atoms with Gasteiger partial charge in [-0.1, -0.05) is 17.7 Å². The number of amides is 1. The number of anilines is 1. The van der Waals surface area contributed by atoms with Gasteiger partial charge in [-0.25, -0.2) is 4.98 Å². The Kier molecular flexibility index (Phi) is 3.99. The standard InChI is InChI=1S/C13H10BrClN2O/c1-8-3-2-4-12(16-8)17-13(18)10-6-5-9(15)7-11(10)14/h2-7H,1H3,(H,16,17,18). The van der Waals surface area contributed by atoms with Crippen LogP contribution < -0.4 is 5.32 Å². The third-order valence-electron chi connectivity index (χ3n) is 2.31. The fourth-order valence-corrected chi connectivity index (χ4v) is 2.33. The normalized spacial score (nSPS) is 10.2. The zero-order valence-electron chi connectivity index (χ0n) is 9.58. The van der Waals surface area contributed by atoms with Crippen LogP contribution in [0.15, 0.2) is 40.9 Å². The lowest BCUT2D eigenvalue weighted by molar-refractivity contribution is 0.102. The quantitative estimate of drug-likeness (QED) is 0.905. The molecule has 0 aliphatic heterocycles. The van der Waals surface area contributed by atoms with E-state index in [9.17, 15) is 4.79 Å². The van der Waals surface area contributed by atoms with E-state index >= 15 is 0 Å². The zero-order valence-corrected chi connectivity index (χ0v) is 11.9. The van der Waals surface area contributed by atoms with Crippen LogP contribution in [0.2, 0.25) is 5.02 Å². The van der Waals surface area contributed by atoms with Gasteiger partial charge < -0.3 is 5.32 Å². The number of hydrogen-bond donors (Lipinski definition) is 1. The van der Waals surface area contributed by atoms with Crippen molar-refractivity contribution in [2.45, 2.75) is 6.92 Å². The molecule has 0 unspecified atom stereocenters. The zero-order chi connectivity index (χ0) is 13.1. The Morgan fingerprint density at radius 1 is 1.33 bits per heavy atom. The van der Waals surface area contributed by atoms with E-state index in [0.29, 0.717) is 20.9 Å². The predicted molar refractivity (Wildman–Crippen MR) is 76.1 cm³/mol. The number of nitrogens with one attached hydrogen (secondary N) is 1. The number of pyridine rings is 1. The summed E-state index contributed by atoms with van der Waals surface area (Å²) in [7, 11) is 0. The van der Waals surface area contributed by atoms with E-state index in [1.165, 1.54) is 0 Å².